The molecule has 3 aromatic rings. The fraction of sp³-hybridized carbons (Fsp3) is 0.207. The molecule has 10 heteroatoms. The van der Waals surface area contributed by atoms with E-state index in [1.807, 2.05) is 18.2 Å². The summed E-state index contributed by atoms with van der Waals surface area (Å²) in [6, 6.07) is 16.5. The molecular formula is C29H23ClF4N2O3. The van der Waals surface area contributed by atoms with Crippen LogP contribution >= 0.6 is 11.6 Å². The number of carboxylic acids is 1. The lowest BCUT2D eigenvalue weighted by molar-refractivity contribution is -0.274. The van der Waals surface area contributed by atoms with E-state index >= 15 is 0 Å². The van der Waals surface area contributed by atoms with E-state index in [9.17, 15) is 22.4 Å². The van der Waals surface area contributed by atoms with Gasteiger partial charge >= 0.3 is 12.3 Å². The van der Waals surface area contributed by atoms with Crippen LogP contribution in [0.3, 0.4) is 0 Å². The van der Waals surface area contributed by atoms with Gasteiger partial charge < -0.3 is 15.3 Å². The number of hydrogen-bond donors (Lipinski definition) is 3. The molecule has 202 valence electrons. The lowest BCUT2D eigenvalue weighted by Gasteiger charge is -2.32. The van der Waals surface area contributed by atoms with Gasteiger partial charge in [0.2, 0.25) is 0 Å². The van der Waals surface area contributed by atoms with E-state index in [0.29, 0.717) is 27.9 Å². The van der Waals surface area contributed by atoms with Crippen LogP contribution in [-0.4, -0.2) is 17.4 Å². The van der Waals surface area contributed by atoms with Gasteiger partial charge in [-0.1, -0.05) is 48.4 Å². The summed E-state index contributed by atoms with van der Waals surface area (Å²) in [6.45, 7) is 0. The number of allylic oxidation sites excluding steroid dienone is 1. The Labute approximate surface area is 226 Å². The van der Waals surface area contributed by atoms with Crippen LogP contribution in [0, 0.1) is 5.92 Å². The van der Waals surface area contributed by atoms with E-state index in [2.05, 4.69) is 15.6 Å². The lowest BCUT2D eigenvalue weighted by atomic mass is 9.73. The molecule has 1 heterocycles. The van der Waals surface area contributed by atoms with Crippen LogP contribution in [-0.2, 0) is 4.79 Å². The summed E-state index contributed by atoms with van der Waals surface area (Å²) in [4.78, 5) is 10.9. The Bertz CT molecular complexity index is 1460. The van der Waals surface area contributed by atoms with Crippen LogP contribution in [0.5, 0.6) is 5.75 Å². The molecule has 39 heavy (non-hydrogen) atoms. The van der Waals surface area contributed by atoms with Gasteiger partial charge in [-0.05, 0) is 88.6 Å². The number of anilines is 1. The minimum Gasteiger partial charge on any atom is -0.478 e. The zero-order valence-corrected chi connectivity index (χ0v) is 21.1. The molecule has 1 aliphatic heterocycles. The number of carboxylic acid groups (broad SMARTS) is 1. The van der Waals surface area contributed by atoms with Gasteiger partial charge in [-0.25, -0.2) is 14.6 Å². The number of hydrazine groups is 1. The van der Waals surface area contributed by atoms with E-state index in [1.165, 1.54) is 18.2 Å². The number of carbonyl (C=O) groups is 1. The van der Waals surface area contributed by atoms with Crippen LogP contribution in [0.15, 0.2) is 66.7 Å². The van der Waals surface area contributed by atoms with E-state index < -0.39 is 24.4 Å². The van der Waals surface area contributed by atoms with Crippen molar-refractivity contribution in [1.82, 2.24) is 5.43 Å². The first-order valence-electron chi connectivity index (χ1n) is 12.2. The first kappa shape index (κ1) is 26.8. The first-order chi connectivity index (χ1) is 18.6. The van der Waals surface area contributed by atoms with Gasteiger partial charge in [-0.2, -0.15) is 0 Å². The summed E-state index contributed by atoms with van der Waals surface area (Å²) >= 11 is 6.58. The highest BCUT2D eigenvalue weighted by Crippen LogP contribution is 2.48. The van der Waals surface area contributed by atoms with Crippen molar-refractivity contribution in [3.8, 4) is 5.75 Å². The number of halogens is 5. The Hall–Kier alpha value is -3.82. The molecule has 0 spiro atoms. The number of nitrogens with one attached hydrogen (secondary N) is 2. The van der Waals surface area contributed by atoms with E-state index in [1.54, 1.807) is 24.3 Å². The van der Waals surface area contributed by atoms with Gasteiger partial charge in [0, 0.05) is 11.6 Å². The first-order valence-corrected chi connectivity index (χ1v) is 12.6. The van der Waals surface area contributed by atoms with Crippen LogP contribution < -0.4 is 15.6 Å². The molecule has 0 aromatic heterocycles. The largest absolute Gasteiger partial charge is 0.573 e. The smallest absolute Gasteiger partial charge is 0.478 e. The third-order valence-corrected chi connectivity index (χ3v) is 7.12. The molecule has 0 bridgehead atoms. The number of aliphatic carboxylic acids is 1. The maximum atomic E-state index is 14.6. The molecule has 2 aliphatic rings. The van der Waals surface area contributed by atoms with Crippen LogP contribution in [0.2, 0.25) is 5.02 Å². The molecule has 0 radical (unpaired) electrons. The van der Waals surface area contributed by atoms with E-state index in [-0.39, 0.29) is 10.9 Å². The Balaban J connectivity index is 1.70. The van der Waals surface area contributed by atoms with Crippen LogP contribution in [0.4, 0.5) is 23.2 Å². The second-order valence-electron chi connectivity index (χ2n) is 9.33. The number of benzene rings is 3. The van der Waals surface area contributed by atoms with Crippen molar-refractivity contribution >= 4 is 40.5 Å². The highest BCUT2D eigenvalue weighted by atomic mass is 35.5. The third kappa shape index (κ3) is 5.94. The summed E-state index contributed by atoms with van der Waals surface area (Å²) in [5.74, 6) is -1.42. The molecule has 5 rings (SSSR count). The number of hydrogen-bond acceptors (Lipinski definition) is 4. The van der Waals surface area contributed by atoms with Gasteiger partial charge in [0.15, 0.2) is 6.30 Å². The van der Waals surface area contributed by atoms with Crippen molar-refractivity contribution in [1.29, 1.82) is 0 Å². The van der Waals surface area contributed by atoms with Gasteiger partial charge in [0.25, 0.3) is 0 Å². The topological polar surface area (TPSA) is 70.6 Å². The summed E-state index contributed by atoms with van der Waals surface area (Å²) < 4.78 is 57.1. The second-order valence-corrected chi connectivity index (χ2v) is 9.74. The average molecular weight is 559 g/mol. The SMILES string of the molecule is O=C(O)/C=C/c1ccc(/C(=C(\c2ccc(OC(F)(F)F)cc2Cl)C2CCC2)c2ccc3c(c2)C(F)NN3)cc1. The molecule has 1 fully saturated rings. The molecule has 0 saturated heterocycles. The number of ether oxygens (including phenoxy) is 1. The summed E-state index contributed by atoms with van der Waals surface area (Å²) in [6.07, 6.45) is -1.06. The number of fused-ring (bicyclic) bond motifs is 1. The predicted octanol–water partition coefficient (Wildman–Crippen LogP) is 7.99. The second kappa shape index (κ2) is 10.7. The normalized spacial score (nSPS) is 17.8. The number of rotatable bonds is 7. The summed E-state index contributed by atoms with van der Waals surface area (Å²) in [5, 5.41) is 9.05. The van der Waals surface area contributed by atoms with Gasteiger partial charge in [0.1, 0.15) is 5.75 Å². The fourth-order valence-electron chi connectivity index (χ4n) is 4.83. The van der Waals surface area contributed by atoms with E-state index in [4.69, 9.17) is 16.7 Å². The van der Waals surface area contributed by atoms with Gasteiger partial charge in [-0.3, -0.25) is 0 Å². The molecule has 3 N–H and O–H groups in total. The summed E-state index contributed by atoms with van der Waals surface area (Å²) in [7, 11) is 0. The maximum Gasteiger partial charge on any atom is 0.573 e. The van der Waals surface area contributed by atoms with Crippen molar-refractivity contribution in [2.24, 2.45) is 5.92 Å². The molecular weight excluding hydrogens is 536 g/mol. The molecule has 1 atom stereocenters. The highest BCUT2D eigenvalue weighted by molar-refractivity contribution is 6.33. The minimum atomic E-state index is -4.85. The fourth-order valence-corrected chi connectivity index (χ4v) is 5.11. The molecule has 3 aromatic carbocycles. The van der Waals surface area contributed by atoms with Crippen molar-refractivity contribution in [2.75, 3.05) is 5.43 Å². The molecule has 1 unspecified atom stereocenters. The van der Waals surface area contributed by atoms with Crippen LogP contribution in [0.25, 0.3) is 17.2 Å². The third-order valence-electron chi connectivity index (χ3n) is 6.81. The zero-order valence-electron chi connectivity index (χ0n) is 20.4. The van der Waals surface area contributed by atoms with Crippen molar-refractivity contribution in [3.63, 3.8) is 0 Å². The van der Waals surface area contributed by atoms with E-state index in [0.717, 1.165) is 48.1 Å². The zero-order chi connectivity index (χ0) is 27.7. The van der Waals surface area contributed by atoms with Gasteiger partial charge in [0.05, 0.1) is 10.7 Å². The molecule has 0 amide bonds. The minimum absolute atomic E-state index is 0.0733. The van der Waals surface area contributed by atoms with Crippen molar-refractivity contribution in [3.05, 3.63) is 99.6 Å². The van der Waals surface area contributed by atoms with Crippen molar-refractivity contribution in [2.45, 2.75) is 31.9 Å². The predicted molar refractivity (Wildman–Crippen MR) is 142 cm³/mol. The number of alkyl halides is 4. The highest BCUT2D eigenvalue weighted by Gasteiger charge is 2.33. The Kier molecular flexibility index (Phi) is 7.38. The lowest BCUT2D eigenvalue weighted by Crippen LogP contribution is -2.18. The van der Waals surface area contributed by atoms with Crippen molar-refractivity contribution < 1.29 is 32.2 Å². The Morgan fingerprint density at radius 1 is 1.03 bits per heavy atom. The Morgan fingerprint density at radius 2 is 1.74 bits per heavy atom. The van der Waals surface area contributed by atoms with Gasteiger partial charge in [-0.15, -0.1) is 13.2 Å². The molecule has 1 saturated carbocycles. The quantitative estimate of drug-likeness (QED) is 0.119. The molecule has 1 aliphatic carbocycles. The average Bonchev–Trinajstić information content (AvgIpc) is 3.21. The summed E-state index contributed by atoms with van der Waals surface area (Å²) in [5.41, 5.74) is 10.7. The maximum absolute atomic E-state index is 14.6. The molecule has 5 nitrogen and oxygen atoms in total. The monoisotopic (exact) mass is 558 g/mol. The van der Waals surface area contributed by atoms with Crippen LogP contribution in [0.1, 0.15) is 53.4 Å². The standard InChI is InChI=1S/C29H23ClF4N2O3/c30-23-15-20(39-29(32,33)34)10-11-21(23)27(17-2-1-3-17)26(18-7-4-16(5-8-18)6-13-25(37)38)19-9-12-24-22(14-19)28(31)36-35-24/h4-15,17,28,35-36H,1-3H2,(H,37,38)/b13-6+,27-26+. The Morgan fingerprint density at radius 3 is 2.36 bits per heavy atom.